The predicted molar refractivity (Wildman–Crippen MR) is 106 cm³/mol. The van der Waals surface area contributed by atoms with Crippen molar-refractivity contribution in [2.24, 2.45) is 5.92 Å². The maximum absolute atomic E-state index is 11.7. The summed E-state index contributed by atoms with van der Waals surface area (Å²) >= 11 is 0. The molecule has 1 fully saturated rings. The number of aliphatic hydroxyl groups is 2. The van der Waals surface area contributed by atoms with Crippen molar-refractivity contribution in [3.63, 3.8) is 0 Å². The smallest absolute Gasteiger partial charge is 0.389 e. The third-order valence-electron chi connectivity index (χ3n) is 5.16. The molecule has 3 unspecified atom stereocenters. The number of ether oxygens (including phenoxy) is 1. The summed E-state index contributed by atoms with van der Waals surface area (Å²) in [5, 5.41) is 21.6. The molecule has 0 aromatic heterocycles. The molecule has 146 valence electrons. The van der Waals surface area contributed by atoms with Gasteiger partial charge in [0, 0.05) is 23.6 Å². The molecule has 0 bridgehead atoms. The fourth-order valence-electron chi connectivity index (χ4n) is 3.54. The Hall–Kier alpha value is -2.29. The van der Waals surface area contributed by atoms with Gasteiger partial charge < -0.3 is 20.3 Å². The van der Waals surface area contributed by atoms with Gasteiger partial charge in [-0.2, -0.15) is 0 Å². The zero-order chi connectivity index (χ0) is 19.7. The van der Waals surface area contributed by atoms with Crippen molar-refractivity contribution >= 4 is 11.7 Å². The van der Waals surface area contributed by atoms with Crippen molar-refractivity contribution < 1.29 is 19.7 Å². The normalized spacial score (nSPS) is 22.9. The third-order valence-corrected chi connectivity index (χ3v) is 5.16. The van der Waals surface area contributed by atoms with Crippen LogP contribution in [0.2, 0.25) is 0 Å². The largest absolute Gasteiger partial charge is 0.417 e. The quantitative estimate of drug-likeness (QED) is 0.225. The molecule has 2 rings (SSSR count). The van der Waals surface area contributed by atoms with Gasteiger partial charge in [-0.25, -0.2) is 4.79 Å². The van der Waals surface area contributed by atoms with Gasteiger partial charge in [-0.15, -0.1) is 6.58 Å². The first-order chi connectivity index (χ1) is 13.0. The number of nitrogens with one attached hydrogen (secondary N) is 1. The maximum atomic E-state index is 11.7. The highest BCUT2D eigenvalue weighted by molar-refractivity contribution is 5.90. The number of hydrogen-bond acceptors (Lipinski definition) is 5. The molecule has 27 heavy (non-hydrogen) atoms. The zero-order valence-electron chi connectivity index (χ0n) is 15.9. The average molecular weight is 371 g/mol. The molecule has 3 N–H and O–H groups in total. The lowest BCUT2D eigenvalue weighted by atomic mass is 9.71. The van der Waals surface area contributed by atoms with Crippen LogP contribution < -0.4 is 10.1 Å². The minimum absolute atomic E-state index is 0.0250. The SMILES string of the molecule is C=CCC1(Nc2ccc(OC(=O)C#CCC(O)CO)cc2)CCCCC1C. The monoisotopic (exact) mass is 371 g/mol. The molecule has 3 atom stereocenters. The Balaban J connectivity index is 1.97. The second-order valence-electron chi connectivity index (χ2n) is 7.18. The van der Waals surface area contributed by atoms with Gasteiger partial charge in [-0.05, 0) is 49.4 Å². The summed E-state index contributed by atoms with van der Waals surface area (Å²) in [5.74, 6) is 5.07. The van der Waals surface area contributed by atoms with Gasteiger partial charge in [-0.1, -0.05) is 31.8 Å². The van der Waals surface area contributed by atoms with Crippen molar-refractivity contribution in [1.29, 1.82) is 0 Å². The third kappa shape index (κ3) is 6.13. The van der Waals surface area contributed by atoms with Crippen molar-refractivity contribution in [2.75, 3.05) is 11.9 Å². The molecule has 0 spiro atoms. The summed E-state index contributed by atoms with van der Waals surface area (Å²) in [5.41, 5.74) is 1.01. The van der Waals surface area contributed by atoms with Crippen LogP contribution in [-0.4, -0.2) is 34.4 Å². The van der Waals surface area contributed by atoms with Crippen LogP contribution in [0.1, 0.15) is 45.4 Å². The summed E-state index contributed by atoms with van der Waals surface area (Å²) in [6, 6.07) is 7.27. The van der Waals surface area contributed by atoms with Crippen LogP contribution in [0.25, 0.3) is 0 Å². The fraction of sp³-hybridized carbons (Fsp3) is 0.500. The van der Waals surface area contributed by atoms with Crippen LogP contribution in [0.15, 0.2) is 36.9 Å². The molecule has 0 aliphatic heterocycles. The molecule has 0 saturated heterocycles. The van der Waals surface area contributed by atoms with Crippen LogP contribution in [0.3, 0.4) is 0 Å². The molecule has 5 nitrogen and oxygen atoms in total. The molecule has 1 saturated carbocycles. The van der Waals surface area contributed by atoms with Gasteiger partial charge in [0.25, 0.3) is 0 Å². The van der Waals surface area contributed by atoms with Crippen LogP contribution in [0.4, 0.5) is 5.69 Å². The van der Waals surface area contributed by atoms with Gasteiger partial charge >= 0.3 is 5.97 Å². The first-order valence-electron chi connectivity index (χ1n) is 9.48. The minimum atomic E-state index is -0.944. The van der Waals surface area contributed by atoms with Crippen LogP contribution in [0.5, 0.6) is 5.75 Å². The summed E-state index contributed by atoms with van der Waals surface area (Å²) in [7, 11) is 0. The van der Waals surface area contributed by atoms with Gasteiger partial charge in [0.2, 0.25) is 0 Å². The fourth-order valence-corrected chi connectivity index (χ4v) is 3.54. The number of esters is 1. The van der Waals surface area contributed by atoms with E-state index in [0.29, 0.717) is 11.7 Å². The van der Waals surface area contributed by atoms with Gasteiger partial charge in [0.1, 0.15) is 5.75 Å². The lowest BCUT2D eigenvalue weighted by Gasteiger charge is -2.44. The predicted octanol–water partition coefficient (Wildman–Crippen LogP) is 3.28. The lowest BCUT2D eigenvalue weighted by Crippen LogP contribution is -2.46. The Morgan fingerprint density at radius 3 is 2.81 bits per heavy atom. The van der Waals surface area contributed by atoms with Crippen LogP contribution in [0, 0.1) is 17.8 Å². The van der Waals surface area contributed by atoms with Gasteiger partial charge in [0.05, 0.1) is 12.7 Å². The van der Waals surface area contributed by atoms with Crippen molar-refractivity contribution in [3.8, 4) is 17.6 Å². The van der Waals surface area contributed by atoms with E-state index in [4.69, 9.17) is 9.84 Å². The van der Waals surface area contributed by atoms with E-state index in [1.165, 1.54) is 19.3 Å². The maximum Gasteiger partial charge on any atom is 0.389 e. The highest BCUT2D eigenvalue weighted by Gasteiger charge is 2.36. The van der Waals surface area contributed by atoms with Gasteiger partial charge in [0.15, 0.2) is 0 Å². The van der Waals surface area contributed by atoms with E-state index in [0.717, 1.165) is 18.5 Å². The van der Waals surface area contributed by atoms with Crippen LogP contribution in [-0.2, 0) is 4.79 Å². The molecular formula is C22H29NO4. The molecule has 5 heteroatoms. The number of carbonyl (C=O) groups excluding carboxylic acids is 1. The summed E-state index contributed by atoms with van der Waals surface area (Å²) in [6.07, 6.45) is 6.79. The van der Waals surface area contributed by atoms with E-state index < -0.39 is 12.1 Å². The number of anilines is 1. The first kappa shape index (κ1) is 21.0. The van der Waals surface area contributed by atoms with E-state index in [1.807, 2.05) is 18.2 Å². The first-order valence-corrected chi connectivity index (χ1v) is 9.48. The molecule has 1 aromatic rings. The number of carbonyl (C=O) groups is 1. The molecule has 0 radical (unpaired) electrons. The number of rotatable bonds is 7. The molecule has 1 aliphatic carbocycles. The Kier molecular flexibility index (Phi) is 7.90. The minimum Gasteiger partial charge on any atom is -0.417 e. The second-order valence-corrected chi connectivity index (χ2v) is 7.18. The van der Waals surface area contributed by atoms with Gasteiger partial charge in [-0.3, -0.25) is 0 Å². The Morgan fingerprint density at radius 2 is 2.19 bits per heavy atom. The Morgan fingerprint density at radius 1 is 1.44 bits per heavy atom. The highest BCUT2D eigenvalue weighted by atomic mass is 16.5. The molecule has 0 heterocycles. The molecule has 1 aromatic carbocycles. The molecule has 0 amide bonds. The summed E-state index contributed by atoms with van der Waals surface area (Å²) in [4.78, 5) is 11.7. The number of hydrogen-bond donors (Lipinski definition) is 3. The highest BCUT2D eigenvalue weighted by Crippen LogP contribution is 2.39. The van der Waals surface area contributed by atoms with Crippen molar-refractivity contribution in [1.82, 2.24) is 0 Å². The van der Waals surface area contributed by atoms with E-state index in [2.05, 4.69) is 30.7 Å². The molecular weight excluding hydrogens is 342 g/mol. The number of aliphatic hydroxyl groups excluding tert-OH is 2. The lowest BCUT2D eigenvalue weighted by molar-refractivity contribution is -0.128. The van der Waals surface area contributed by atoms with E-state index >= 15 is 0 Å². The topological polar surface area (TPSA) is 78.8 Å². The summed E-state index contributed by atoms with van der Waals surface area (Å²) in [6.45, 7) is 5.83. The van der Waals surface area contributed by atoms with E-state index in [1.54, 1.807) is 12.1 Å². The van der Waals surface area contributed by atoms with Crippen molar-refractivity contribution in [2.45, 2.75) is 57.1 Å². The number of benzene rings is 1. The van der Waals surface area contributed by atoms with E-state index in [9.17, 15) is 9.90 Å². The zero-order valence-corrected chi connectivity index (χ0v) is 15.9. The van der Waals surface area contributed by atoms with Crippen molar-refractivity contribution in [3.05, 3.63) is 36.9 Å². The van der Waals surface area contributed by atoms with E-state index in [-0.39, 0.29) is 18.6 Å². The Bertz CT molecular complexity index is 689. The molecule has 1 aliphatic rings. The standard InChI is InChI=1S/C22H29NO4/c1-3-14-22(15-5-4-7-17(22)2)23-18-10-12-20(13-11-18)27-21(26)9-6-8-19(25)16-24/h3,10-13,17,19,23-25H,1,4-5,7-8,14-16H2,2H3. The second kappa shape index (κ2) is 10.1. The van der Waals surface area contributed by atoms with Crippen LogP contribution >= 0.6 is 0 Å². The average Bonchev–Trinajstić information content (AvgIpc) is 2.66. The summed E-state index contributed by atoms with van der Waals surface area (Å²) < 4.78 is 5.17. The Labute approximate surface area is 161 Å².